The van der Waals surface area contributed by atoms with Crippen LogP contribution in [-0.2, 0) is 15.6 Å². The molecule has 0 unspecified atom stereocenters. The summed E-state index contributed by atoms with van der Waals surface area (Å²) in [7, 11) is -2.59. The number of hydrogen-bond donors (Lipinski definition) is 3. The van der Waals surface area contributed by atoms with Gasteiger partial charge >= 0.3 is 0 Å². The summed E-state index contributed by atoms with van der Waals surface area (Å²) in [5.74, 6) is -0.746. The number of anilines is 2. The average Bonchev–Trinajstić information content (AvgIpc) is 3.83. The lowest BCUT2D eigenvalue weighted by Crippen LogP contribution is -2.37. The third-order valence-electron chi connectivity index (χ3n) is 8.22. The zero-order valence-electron chi connectivity index (χ0n) is 26.5. The van der Waals surface area contributed by atoms with Crippen molar-refractivity contribution in [1.29, 1.82) is 0 Å². The number of para-hydroxylation sites is 1. The Labute approximate surface area is 272 Å². The summed E-state index contributed by atoms with van der Waals surface area (Å²) in [6.07, 6.45) is 4.39. The van der Waals surface area contributed by atoms with Gasteiger partial charge in [0.2, 0.25) is 0 Å². The van der Waals surface area contributed by atoms with Crippen LogP contribution in [0.5, 0.6) is 5.75 Å². The van der Waals surface area contributed by atoms with Gasteiger partial charge in [0.1, 0.15) is 17.3 Å². The van der Waals surface area contributed by atoms with Crippen molar-refractivity contribution in [3.05, 3.63) is 106 Å². The Morgan fingerprint density at radius 3 is 2.47 bits per heavy atom. The molecule has 0 bridgehead atoms. The van der Waals surface area contributed by atoms with Crippen LogP contribution in [0, 0.1) is 6.92 Å². The van der Waals surface area contributed by atoms with Gasteiger partial charge in [0.25, 0.3) is 27.4 Å². The molecule has 47 heavy (non-hydrogen) atoms. The van der Waals surface area contributed by atoms with E-state index in [0.717, 1.165) is 18.4 Å². The Hall–Kier alpha value is -5.01. The lowest BCUT2D eigenvalue weighted by molar-refractivity contribution is 0.0952. The van der Waals surface area contributed by atoms with Crippen LogP contribution in [0.3, 0.4) is 0 Å². The Kier molecular flexibility index (Phi) is 8.36. The fraction of sp³-hybridized carbons (Fsp3) is 0.294. The first-order valence-corrected chi connectivity index (χ1v) is 16.8. The molecule has 12 nitrogen and oxygen atoms in total. The summed E-state index contributed by atoms with van der Waals surface area (Å²) in [5.41, 5.74) is -0.406. The summed E-state index contributed by atoms with van der Waals surface area (Å²) < 4.78 is 35.8. The van der Waals surface area contributed by atoms with Crippen molar-refractivity contribution >= 4 is 33.3 Å². The summed E-state index contributed by atoms with van der Waals surface area (Å²) in [6, 6.07) is 16.4. The molecule has 1 aliphatic heterocycles. The topological polar surface area (TPSA) is 152 Å². The largest absolute Gasteiger partial charge is 0.492 e. The molecule has 0 spiro atoms. The van der Waals surface area contributed by atoms with E-state index in [4.69, 9.17) is 4.74 Å². The predicted molar refractivity (Wildman–Crippen MR) is 178 cm³/mol. The lowest BCUT2D eigenvalue weighted by atomic mass is 9.93. The van der Waals surface area contributed by atoms with E-state index in [9.17, 15) is 22.8 Å². The van der Waals surface area contributed by atoms with Crippen molar-refractivity contribution in [2.45, 2.75) is 50.1 Å². The maximum atomic E-state index is 14.3. The van der Waals surface area contributed by atoms with E-state index in [0.29, 0.717) is 28.8 Å². The highest BCUT2D eigenvalue weighted by molar-refractivity contribution is 7.94. The number of carbonyl (C=O) groups excluding carboxylic acids is 2. The van der Waals surface area contributed by atoms with Crippen molar-refractivity contribution in [2.75, 3.05) is 29.8 Å². The van der Waals surface area contributed by atoms with E-state index in [-0.39, 0.29) is 39.3 Å². The summed E-state index contributed by atoms with van der Waals surface area (Å²) in [4.78, 5) is 45.9. The molecule has 2 amide bonds. The van der Waals surface area contributed by atoms with Crippen molar-refractivity contribution in [3.63, 3.8) is 0 Å². The lowest BCUT2D eigenvalue weighted by Gasteiger charge is -2.29. The first-order chi connectivity index (χ1) is 22.5. The van der Waals surface area contributed by atoms with E-state index in [1.54, 1.807) is 19.1 Å². The van der Waals surface area contributed by atoms with Gasteiger partial charge in [-0.05, 0) is 70.5 Å². The second kappa shape index (κ2) is 12.3. The number of nitrogens with one attached hydrogen (secondary N) is 3. The van der Waals surface area contributed by atoms with Gasteiger partial charge in [-0.15, -0.1) is 0 Å². The third kappa shape index (κ3) is 5.87. The number of hydrogen-bond acceptors (Lipinski definition) is 9. The Bertz CT molecular complexity index is 2050. The van der Waals surface area contributed by atoms with Crippen LogP contribution >= 0.6 is 0 Å². The van der Waals surface area contributed by atoms with Crippen molar-refractivity contribution < 1.29 is 22.7 Å². The molecule has 3 aromatic carbocycles. The Morgan fingerprint density at radius 1 is 1.02 bits per heavy atom. The molecule has 4 aromatic rings. The molecule has 1 fully saturated rings. The smallest absolute Gasteiger partial charge is 0.297 e. The third-order valence-corrected chi connectivity index (χ3v) is 9.96. The zero-order valence-corrected chi connectivity index (χ0v) is 27.3. The molecule has 0 saturated heterocycles. The van der Waals surface area contributed by atoms with Gasteiger partial charge in [-0.1, -0.05) is 36.4 Å². The highest BCUT2D eigenvalue weighted by atomic mass is 32.2. The van der Waals surface area contributed by atoms with Crippen LogP contribution in [-0.4, -0.2) is 56.0 Å². The van der Waals surface area contributed by atoms with Crippen molar-refractivity contribution in [1.82, 2.24) is 20.2 Å². The van der Waals surface area contributed by atoms with E-state index in [1.807, 2.05) is 45.2 Å². The van der Waals surface area contributed by atoms with Gasteiger partial charge < -0.3 is 20.7 Å². The quantitative estimate of drug-likeness (QED) is 0.205. The zero-order chi connectivity index (χ0) is 33.5. The molecule has 244 valence electrons. The minimum absolute atomic E-state index is 0.0183. The minimum atomic E-state index is -4.43. The molecule has 3 N–H and O–H groups in total. The number of carbonyl (C=O) groups is 2. The number of amides is 2. The molecule has 13 heteroatoms. The van der Waals surface area contributed by atoms with Crippen molar-refractivity contribution in [3.8, 4) is 11.4 Å². The second-order valence-corrected chi connectivity index (χ2v) is 13.9. The fourth-order valence-corrected chi connectivity index (χ4v) is 7.30. The van der Waals surface area contributed by atoms with E-state index < -0.39 is 32.9 Å². The maximum Gasteiger partial charge on any atom is 0.297 e. The fourth-order valence-electron chi connectivity index (χ4n) is 5.68. The summed E-state index contributed by atoms with van der Waals surface area (Å²) in [5, 5.41) is 9.19. The van der Waals surface area contributed by atoms with Gasteiger partial charge in [-0.3, -0.25) is 19.0 Å². The molecule has 0 atom stereocenters. The molecule has 1 aromatic heterocycles. The minimum Gasteiger partial charge on any atom is -0.492 e. The van der Waals surface area contributed by atoms with Gasteiger partial charge in [-0.25, -0.2) is 13.4 Å². The van der Waals surface area contributed by atoms with Crippen LogP contribution in [0.4, 0.5) is 11.5 Å². The van der Waals surface area contributed by atoms with Crippen LogP contribution in [0.2, 0.25) is 0 Å². The molecule has 0 radical (unpaired) electrons. The molecular formula is C34H36N6O6S. The second-order valence-electron chi connectivity index (χ2n) is 12.1. The van der Waals surface area contributed by atoms with E-state index in [1.165, 1.54) is 41.2 Å². The first kappa shape index (κ1) is 32.0. The summed E-state index contributed by atoms with van der Waals surface area (Å²) in [6.45, 7) is 6.54. The number of benzene rings is 3. The number of likely N-dealkylation sites (N-methyl/N-ethyl adjacent to an activating group) is 1. The number of fused-ring (bicyclic) bond motifs is 1. The number of sulfonamides is 1. The molecule has 2 heterocycles. The number of ether oxygens (including phenoxy) is 1. The van der Waals surface area contributed by atoms with E-state index >= 15 is 0 Å². The monoisotopic (exact) mass is 656 g/mol. The Balaban J connectivity index is 1.49. The average molecular weight is 657 g/mol. The molecular weight excluding hydrogens is 620 g/mol. The first-order valence-electron chi connectivity index (χ1n) is 15.3. The van der Waals surface area contributed by atoms with Crippen LogP contribution < -0.4 is 30.6 Å². The molecule has 1 saturated carbocycles. The van der Waals surface area contributed by atoms with Crippen LogP contribution in [0.25, 0.3) is 5.69 Å². The normalized spacial score (nSPS) is 15.3. The summed E-state index contributed by atoms with van der Waals surface area (Å²) >= 11 is 0. The van der Waals surface area contributed by atoms with Crippen LogP contribution in [0.15, 0.2) is 82.7 Å². The Morgan fingerprint density at radius 2 is 1.74 bits per heavy atom. The number of aromatic nitrogens is 2. The molecule has 6 rings (SSSR count). The van der Waals surface area contributed by atoms with Gasteiger partial charge in [0.15, 0.2) is 5.82 Å². The number of nitrogens with zero attached hydrogens (tertiary/aromatic N) is 3. The molecule has 2 aliphatic rings. The molecule has 1 aliphatic carbocycles. The highest BCUT2D eigenvalue weighted by Gasteiger charge is 2.45. The van der Waals surface area contributed by atoms with Gasteiger partial charge in [-0.2, -0.15) is 4.31 Å². The van der Waals surface area contributed by atoms with Gasteiger partial charge in [0, 0.05) is 30.5 Å². The predicted octanol–water partition coefficient (Wildman–Crippen LogP) is 3.73. The maximum absolute atomic E-state index is 14.3. The number of rotatable bonds is 11. The highest BCUT2D eigenvalue weighted by Crippen LogP contribution is 2.41. The number of aryl methyl sites for hydroxylation is 1. The SMILES string of the molecule is CNCCOc1ccccc1C(C)(C)Nc1nccn(-c2c(C)ccc(C(=O)NC3CC3)c2N2C(=O)c3ccccc3S2(=O)=O)c1=O. The standard InChI is InChI=1S/C34H36N6O6S/c1-21-13-16-24(31(41)37-22-14-15-22)29(40-32(42)23-9-5-8-12-27(23)47(40,44)45)28(21)39-19-17-36-30(33(39)43)38-34(2,3)25-10-6-7-11-26(25)46-20-18-35-4/h5-13,16-17,19,22,35H,14-15,18,20H2,1-4H3,(H,36,38)(H,37,41). The van der Waals surface area contributed by atoms with Crippen LogP contribution in [0.1, 0.15) is 58.5 Å². The van der Waals surface area contributed by atoms with Crippen molar-refractivity contribution in [2.24, 2.45) is 0 Å². The van der Waals surface area contributed by atoms with E-state index in [2.05, 4.69) is 20.9 Å². The van der Waals surface area contributed by atoms with Gasteiger partial charge in [0.05, 0.1) is 28.0 Å².